The molecule has 8 heteroatoms. The number of aromatic nitrogens is 1. The van der Waals surface area contributed by atoms with Gasteiger partial charge in [0.25, 0.3) is 5.91 Å². The second-order valence-corrected chi connectivity index (χ2v) is 8.81. The van der Waals surface area contributed by atoms with Crippen LogP contribution in [0.25, 0.3) is 0 Å². The Balaban J connectivity index is 1.39. The maximum Gasteiger partial charge on any atom is 0.251 e. The standard InChI is InChI=1S/C24H33N5O3/c1-3-29(2)23-12-16(11-22(28-23)27-18-5-4-6-18)24(32)26-14-21(31)20-10-15-7-8-19(30)9-17(15)13-25-20/h7-9,11-12,18,20-21,25,30-31H,3-6,10,13-14H2,1-2H3,(H,26,32)(H,27,28)/t20-,21?/m0/s1. The van der Waals surface area contributed by atoms with Gasteiger partial charge in [-0.15, -0.1) is 0 Å². The van der Waals surface area contributed by atoms with Crippen LogP contribution in [0.1, 0.15) is 47.7 Å². The quantitative estimate of drug-likeness (QED) is 0.428. The van der Waals surface area contributed by atoms with Crippen LogP contribution in [0.3, 0.4) is 0 Å². The van der Waals surface area contributed by atoms with Crippen molar-refractivity contribution >= 4 is 17.5 Å². The number of amides is 1. The Kier molecular flexibility index (Phi) is 6.81. The number of hydrogen-bond donors (Lipinski definition) is 5. The lowest BCUT2D eigenvalue weighted by atomic mass is 9.92. The molecular formula is C24H33N5O3. The molecule has 0 bridgehead atoms. The summed E-state index contributed by atoms with van der Waals surface area (Å²) in [6, 6.07) is 9.14. The number of aromatic hydroxyl groups is 1. The van der Waals surface area contributed by atoms with Crippen molar-refractivity contribution in [1.82, 2.24) is 15.6 Å². The number of pyridine rings is 1. The number of fused-ring (bicyclic) bond motifs is 1. The Morgan fingerprint density at radius 2 is 2.09 bits per heavy atom. The molecule has 1 amide bonds. The van der Waals surface area contributed by atoms with Gasteiger partial charge in [0.05, 0.1) is 6.10 Å². The van der Waals surface area contributed by atoms with E-state index in [0.29, 0.717) is 30.4 Å². The Hall–Kier alpha value is -2.84. The number of anilines is 2. The molecule has 0 spiro atoms. The van der Waals surface area contributed by atoms with Crippen LogP contribution in [0.4, 0.5) is 11.6 Å². The molecule has 1 saturated carbocycles. The zero-order chi connectivity index (χ0) is 22.7. The number of hydrogen-bond acceptors (Lipinski definition) is 7. The van der Waals surface area contributed by atoms with E-state index in [9.17, 15) is 15.0 Å². The smallest absolute Gasteiger partial charge is 0.251 e. The topological polar surface area (TPSA) is 110 Å². The first-order valence-electron chi connectivity index (χ1n) is 11.4. The van der Waals surface area contributed by atoms with E-state index in [-0.39, 0.29) is 24.2 Å². The molecule has 1 fully saturated rings. The predicted molar refractivity (Wildman–Crippen MR) is 125 cm³/mol. The minimum atomic E-state index is -0.729. The number of carbonyl (C=O) groups is 1. The van der Waals surface area contributed by atoms with Gasteiger partial charge < -0.3 is 31.1 Å². The van der Waals surface area contributed by atoms with E-state index in [1.54, 1.807) is 24.3 Å². The second-order valence-electron chi connectivity index (χ2n) is 8.81. The zero-order valence-corrected chi connectivity index (χ0v) is 18.8. The van der Waals surface area contributed by atoms with Gasteiger partial charge in [-0.1, -0.05) is 6.07 Å². The zero-order valence-electron chi connectivity index (χ0n) is 18.8. The van der Waals surface area contributed by atoms with E-state index in [0.717, 1.165) is 36.3 Å². The van der Waals surface area contributed by atoms with Gasteiger partial charge in [-0.2, -0.15) is 0 Å². The fourth-order valence-corrected chi connectivity index (χ4v) is 4.08. The molecule has 5 N–H and O–H groups in total. The molecule has 1 aromatic carbocycles. The van der Waals surface area contributed by atoms with E-state index in [1.165, 1.54) is 6.42 Å². The maximum absolute atomic E-state index is 12.9. The molecule has 0 radical (unpaired) electrons. The van der Waals surface area contributed by atoms with Crippen LogP contribution in [0.15, 0.2) is 30.3 Å². The van der Waals surface area contributed by atoms with Crippen LogP contribution in [-0.4, -0.2) is 59.4 Å². The van der Waals surface area contributed by atoms with Gasteiger partial charge in [-0.05, 0) is 68.0 Å². The van der Waals surface area contributed by atoms with Crippen LogP contribution >= 0.6 is 0 Å². The van der Waals surface area contributed by atoms with E-state index in [2.05, 4.69) is 20.9 Å². The first kappa shape index (κ1) is 22.4. The monoisotopic (exact) mass is 439 g/mol. The number of rotatable bonds is 8. The van der Waals surface area contributed by atoms with Crippen molar-refractivity contribution in [2.45, 2.75) is 57.3 Å². The van der Waals surface area contributed by atoms with Crippen molar-refractivity contribution in [3.63, 3.8) is 0 Å². The summed E-state index contributed by atoms with van der Waals surface area (Å²) in [5.74, 6) is 1.48. The van der Waals surface area contributed by atoms with E-state index >= 15 is 0 Å². The lowest BCUT2D eigenvalue weighted by Gasteiger charge is -2.30. The van der Waals surface area contributed by atoms with Crippen LogP contribution in [0, 0.1) is 0 Å². The van der Waals surface area contributed by atoms with Gasteiger partial charge >= 0.3 is 0 Å². The number of nitrogens with zero attached hydrogens (tertiary/aromatic N) is 2. The summed E-state index contributed by atoms with van der Waals surface area (Å²) in [5, 5.41) is 29.9. The van der Waals surface area contributed by atoms with E-state index in [1.807, 2.05) is 24.9 Å². The summed E-state index contributed by atoms with van der Waals surface area (Å²) in [6.45, 7) is 3.55. The normalized spacial score (nSPS) is 18.9. The summed E-state index contributed by atoms with van der Waals surface area (Å²) >= 11 is 0. The van der Waals surface area contributed by atoms with Crippen LogP contribution in [0.5, 0.6) is 5.75 Å². The van der Waals surface area contributed by atoms with Gasteiger partial charge in [-0.3, -0.25) is 4.79 Å². The highest BCUT2D eigenvalue weighted by Gasteiger charge is 2.25. The SMILES string of the molecule is CCN(C)c1cc(C(=O)NCC(O)[C@@H]2Cc3ccc(O)cc3CN2)cc(NC2CCC2)n1. The van der Waals surface area contributed by atoms with Crippen molar-refractivity contribution < 1.29 is 15.0 Å². The van der Waals surface area contributed by atoms with Crippen LogP contribution in [0.2, 0.25) is 0 Å². The van der Waals surface area contributed by atoms with Crippen molar-refractivity contribution in [1.29, 1.82) is 0 Å². The summed E-state index contributed by atoms with van der Waals surface area (Å²) < 4.78 is 0. The molecule has 8 nitrogen and oxygen atoms in total. The lowest BCUT2D eigenvalue weighted by molar-refractivity contribution is 0.0870. The van der Waals surface area contributed by atoms with Crippen molar-refractivity contribution in [2.75, 3.05) is 30.4 Å². The largest absolute Gasteiger partial charge is 0.508 e. The fourth-order valence-electron chi connectivity index (χ4n) is 4.08. The Morgan fingerprint density at radius 1 is 1.28 bits per heavy atom. The summed E-state index contributed by atoms with van der Waals surface area (Å²) in [7, 11) is 1.95. The third-order valence-electron chi connectivity index (χ3n) is 6.52. The Labute approximate surface area is 189 Å². The minimum Gasteiger partial charge on any atom is -0.508 e. The van der Waals surface area contributed by atoms with Gasteiger partial charge in [0.1, 0.15) is 17.4 Å². The lowest BCUT2D eigenvalue weighted by Crippen LogP contribution is -2.49. The molecule has 172 valence electrons. The highest BCUT2D eigenvalue weighted by Crippen LogP contribution is 2.25. The molecule has 2 atom stereocenters. The first-order chi connectivity index (χ1) is 15.4. The number of aliphatic hydroxyl groups is 1. The maximum atomic E-state index is 12.9. The number of aliphatic hydroxyl groups excluding tert-OH is 1. The molecule has 32 heavy (non-hydrogen) atoms. The van der Waals surface area contributed by atoms with Crippen LogP contribution < -0.4 is 20.9 Å². The summed E-state index contributed by atoms with van der Waals surface area (Å²) in [6.07, 6.45) is 3.38. The number of benzene rings is 1. The molecule has 1 unspecified atom stereocenters. The van der Waals surface area contributed by atoms with E-state index < -0.39 is 6.10 Å². The molecule has 1 aliphatic heterocycles. The minimum absolute atomic E-state index is 0.149. The number of carbonyl (C=O) groups excluding carboxylic acids is 1. The van der Waals surface area contributed by atoms with Crippen molar-refractivity contribution in [3.8, 4) is 5.75 Å². The van der Waals surface area contributed by atoms with E-state index in [4.69, 9.17) is 0 Å². The number of phenolic OH excluding ortho intramolecular Hbond substituents is 1. The van der Waals surface area contributed by atoms with Crippen molar-refractivity contribution in [2.24, 2.45) is 0 Å². The summed E-state index contributed by atoms with van der Waals surface area (Å²) in [5.41, 5.74) is 2.67. The Bertz CT molecular complexity index is 963. The second kappa shape index (κ2) is 9.75. The van der Waals surface area contributed by atoms with Gasteiger partial charge in [0.15, 0.2) is 0 Å². The fraction of sp³-hybridized carbons (Fsp3) is 0.500. The number of nitrogens with one attached hydrogen (secondary N) is 3. The van der Waals surface area contributed by atoms with Gasteiger partial charge in [-0.25, -0.2) is 4.98 Å². The molecule has 2 aromatic rings. The average Bonchev–Trinajstić information content (AvgIpc) is 2.78. The number of phenols is 1. The molecule has 1 aliphatic carbocycles. The average molecular weight is 440 g/mol. The molecule has 2 aliphatic rings. The molecule has 0 saturated heterocycles. The summed E-state index contributed by atoms with van der Waals surface area (Å²) in [4.78, 5) is 19.6. The first-order valence-corrected chi connectivity index (χ1v) is 11.4. The Morgan fingerprint density at radius 3 is 2.81 bits per heavy atom. The highest BCUT2D eigenvalue weighted by molar-refractivity contribution is 5.95. The van der Waals surface area contributed by atoms with Crippen molar-refractivity contribution in [3.05, 3.63) is 47.0 Å². The highest BCUT2D eigenvalue weighted by atomic mass is 16.3. The van der Waals surface area contributed by atoms with Gasteiger partial charge in [0.2, 0.25) is 0 Å². The third kappa shape index (κ3) is 5.14. The molecule has 4 rings (SSSR count). The molecular weight excluding hydrogens is 406 g/mol. The van der Waals surface area contributed by atoms with Gasteiger partial charge in [0, 0.05) is 44.3 Å². The predicted octanol–water partition coefficient (Wildman–Crippen LogP) is 2.01. The molecule has 2 heterocycles. The van der Waals surface area contributed by atoms with Crippen LogP contribution in [-0.2, 0) is 13.0 Å². The molecule has 1 aromatic heterocycles. The third-order valence-corrected chi connectivity index (χ3v) is 6.52.